The van der Waals surface area contributed by atoms with E-state index in [1.54, 1.807) is 4.90 Å². The van der Waals surface area contributed by atoms with E-state index in [4.69, 9.17) is 9.47 Å². The van der Waals surface area contributed by atoms with Crippen LogP contribution in [0.5, 0.6) is 0 Å². The summed E-state index contributed by atoms with van der Waals surface area (Å²) in [6, 6.07) is 0. The molecule has 3 aliphatic heterocycles. The van der Waals surface area contributed by atoms with Crippen LogP contribution in [0.3, 0.4) is 0 Å². The van der Waals surface area contributed by atoms with E-state index in [1.807, 2.05) is 20.8 Å². The van der Waals surface area contributed by atoms with E-state index < -0.39 is 11.2 Å². The van der Waals surface area contributed by atoms with Gasteiger partial charge in [-0.25, -0.2) is 4.79 Å². The molecular weight excluding hydrogens is 248 g/mol. The van der Waals surface area contributed by atoms with Crippen molar-refractivity contribution < 1.29 is 19.1 Å². The molecule has 0 radical (unpaired) electrons. The van der Waals surface area contributed by atoms with Crippen LogP contribution in [0.15, 0.2) is 0 Å². The molecule has 0 aliphatic carbocycles. The first-order valence-electron chi connectivity index (χ1n) is 6.73. The molecule has 0 aromatic rings. The Morgan fingerprint density at radius 1 is 1.53 bits per heavy atom. The Kier molecular flexibility index (Phi) is 2.58. The second-order valence-corrected chi connectivity index (χ2v) is 6.67. The van der Waals surface area contributed by atoms with Crippen LogP contribution in [0.25, 0.3) is 0 Å². The van der Waals surface area contributed by atoms with Crippen LogP contribution in [0.1, 0.15) is 27.2 Å². The number of likely N-dealkylation sites (tertiary alicyclic amines) is 1. The van der Waals surface area contributed by atoms with Gasteiger partial charge in [0.05, 0.1) is 25.1 Å². The van der Waals surface area contributed by atoms with Crippen molar-refractivity contribution in [2.75, 3.05) is 19.6 Å². The molecule has 3 aliphatic rings. The molecule has 19 heavy (non-hydrogen) atoms. The van der Waals surface area contributed by atoms with E-state index in [9.17, 15) is 9.59 Å². The number of morpholine rings is 1. The average molecular weight is 268 g/mol. The number of carbonyl (C=O) groups is 2. The highest BCUT2D eigenvalue weighted by Gasteiger charge is 2.60. The first-order valence-corrected chi connectivity index (χ1v) is 6.73. The summed E-state index contributed by atoms with van der Waals surface area (Å²) in [6.45, 7) is 6.99. The van der Waals surface area contributed by atoms with Crippen molar-refractivity contribution in [2.45, 2.75) is 44.5 Å². The molecule has 2 bridgehead atoms. The highest BCUT2D eigenvalue weighted by molar-refractivity contribution is 5.83. The summed E-state index contributed by atoms with van der Waals surface area (Å²) in [4.78, 5) is 25.6. The lowest BCUT2D eigenvalue weighted by atomic mass is 9.90. The van der Waals surface area contributed by atoms with Gasteiger partial charge in [0.2, 0.25) is 5.91 Å². The maximum absolute atomic E-state index is 12.1. The van der Waals surface area contributed by atoms with Gasteiger partial charge in [-0.05, 0) is 27.2 Å². The minimum Gasteiger partial charge on any atom is -0.444 e. The molecule has 3 saturated heterocycles. The van der Waals surface area contributed by atoms with E-state index in [-0.39, 0.29) is 24.0 Å². The van der Waals surface area contributed by atoms with Crippen molar-refractivity contribution in [3.8, 4) is 0 Å². The molecule has 2 amide bonds. The standard InChI is InChI=1S/C13H20N2O4/c1-12(2,3)19-11(17)15-5-8-4-9-10(16)14-6-13(9,7-15)18-8/h8-9H,4-7H2,1-3H3,(H,14,16)/t8-,9?,13+/m1/s1. The summed E-state index contributed by atoms with van der Waals surface area (Å²) < 4.78 is 11.4. The van der Waals surface area contributed by atoms with Crippen LogP contribution in [0.2, 0.25) is 0 Å². The monoisotopic (exact) mass is 268 g/mol. The van der Waals surface area contributed by atoms with E-state index in [1.165, 1.54) is 0 Å². The van der Waals surface area contributed by atoms with Crippen molar-refractivity contribution in [3.05, 3.63) is 0 Å². The highest BCUT2D eigenvalue weighted by Crippen LogP contribution is 2.43. The molecule has 3 heterocycles. The zero-order valence-electron chi connectivity index (χ0n) is 11.6. The fraction of sp³-hybridized carbons (Fsp3) is 0.846. The number of fused-ring (bicyclic) bond motifs is 1. The van der Waals surface area contributed by atoms with E-state index >= 15 is 0 Å². The Balaban J connectivity index is 1.75. The highest BCUT2D eigenvalue weighted by atomic mass is 16.6. The van der Waals surface area contributed by atoms with Crippen molar-refractivity contribution in [3.63, 3.8) is 0 Å². The average Bonchev–Trinajstić information content (AvgIpc) is 2.70. The van der Waals surface area contributed by atoms with Crippen LogP contribution >= 0.6 is 0 Å². The zero-order chi connectivity index (χ0) is 13.8. The predicted octanol–water partition coefficient (Wildman–Crippen LogP) is 0.511. The normalized spacial score (nSPS) is 37.0. The maximum Gasteiger partial charge on any atom is 0.410 e. The topological polar surface area (TPSA) is 67.9 Å². The third-order valence-electron chi connectivity index (χ3n) is 3.95. The van der Waals surface area contributed by atoms with E-state index in [2.05, 4.69) is 5.32 Å². The predicted molar refractivity (Wildman–Crippen MR) is 66.5 cm³/mol. The number of hydrogen-bond acceptors (Lipinski definition) is 4. The van der Waals surface area contributed by atoms with Gasteiger partial charge in [-0.3, -0.25) is 4.79 Å². The minimum absolute atomic E-state index is 0.0441. The van der Waals surface area contributed by atoms with E-state index in [0.29, 0.717) is 26.1 Å². The minimum atomic E-state index is -0.531. The van der Waals surface area contributed by atoms with Gasteiger partial charge in [0, 0.05) is 6.54 Å². The summed E-state index contributed by atoms with van der Waals surface area (Å²) in [5.74, 6) is -0.0709. The summed E-state index contributed by atoms with van der Waals surface area (Å²) in [6.07, 6.45) is 0.336. The lowest BCUT2D eigenvalue weighted by molar-refractivity contribution is -0.127. The van der Waals surface area contributed by atoms with Crippen LogP contribution in [0, 0.1) is 5.92 Å². The Morgan fingerprint density at radius 3 is 2.95 bits per heavy atom. The Hall–Kier alpha value is -1.30. The zero-order valence-corrected chi connectivity index (χ0v) is 11.6. The van der Waals surface area contributed by atoms with E-state index in [0.717, 1.165) is 0 Å². The Bertz CT molecular complexity index is 431. The molecular formula is C13H20N2O4. The van der Waals surface area contributed by atoms with Crippen molar-refractivity contribution in [1.29, 1.82) is 0 Å². The second kappa shape index (κ2) is 3.85. The number of nitrogens with one attached hydrogen (secondary N) is 1. The number of hydrogen-bond donors (Lipinski definition) is 1. The Morgan fingerprint density at radius 2 is 2.26 bits per heavy atom. The van der Waals surface area contributed by atoms with Gasteiger partial charge in [0.25, 0.3) is 0 Å². The molecule has 0 saturated carbocycles. The fourth-order valence-corrected chi connectivity index (χ4v) is 3.22. The maximum atomic E-state index is 12.1. The molecule has 1 N–H and O–H groups in total. The molecule has 0 aromatic carbocycles. The number of rotatable bonds is 0. The third-order valence-corrected chi connectivity index (χ3v) is 3.95. The fourth-order valence-electron chi connectivity index (χ4n) is 3.22. The number of carbonyl (C=O) groups excluding carboxylic acids is 2. The van der Waals surface area contributed by atoms with Crippen LogP contribution < -0.4 is 5.32 Å². The quantitative estimate of drug-likeness (QED) is 0.695. The molecule has 1 spiro atoms. The lowest BCUT2D eigenvalue weighted by Gasteiger charge is -2.39. The summed E-state index contributed by atoms with van der Waals surface area (Å²) in [5.41, 5.74) is -1.04. The largest absolute Gasteiger partial charge is 0.444 e. The molecule has 6 heteroatoms. The van der Waals surface area contributed by atoms with Gasteiger partial charge in [-0.15, -0.1) is 0 Å². The van der Waals surface area contributed by atoms with Gasteiger partial charge in [-0.1, -0.05) is 0 Å². The molecule has 6 nitrogen and oxygen atoms in total. The number of ether oxygens (including phenoxy) is 2. The van der Waals surface area contributed by atoms with Gasteiger partial charge in [0.15, 0.2) is 0 Å². The summed E-state index contributed by atoms with van der Waals surface area (Å²) in [7, 11) is 0. The van der Waals surface area contributed by atoms with Crippen LogP contribution in [-0.4, -0.2) is 53.8 Å². The van der Waals surface area contributed by atoms with Crippen LogP contribution in [0.4, 0.5) is 4.79 Å². The Labute approximate surface area is 112 Å². The first-order chi connectivity index (χ1) is 8.79. The van der Waals surface area contributed by atoms with Crippen molar-refractivity contribution in [2.24, 2.45) is 5.92 Å². The molecule has 3 atom stereocenters. The lowest BCUT2D eigenvalue weighted by Crippen LogP contribution is -2.56. The second-order valence-electron chi connectivity index (χ2n) is 6.67. The molecule has 3 rings (SSSR count). The van der Waals surface area contributed by atoms with Crippen LogP contribution in [-0.2, 0) is 14.3 Å². The van der Waals surface area contributed by atoms with Crippen molar-refractivity contribution >= 4 is 12.0 Å². The first kappa shape index (κ1) is 12.7. The van der Waals surface area contributed by atoms with Gasteiger partial charge in [0.1, 0.15) is 11.2 Å². The van der Waals surface area contributed by atoms with Gasteiger partial charge >= 0.3 is 6.09 Å². The number of amides is 2. The third kappa shape index (κ3) is 2.08. The summed E-state index contributed by atoms with van der Waals surface area (Å²) in [5, 5.41) is 2.83. The molecule has 106 valence electrons. The molecule has 1 unspecified atom stereocenters. The molecule has 3 fully saturated rings. The number of nitrogens with zero attached hydrogens (tertiary/aromatic N) is 1. The van der Waals surface area contributed by atoms with Gasteiger partial charge < -0.3 is 19.7 Å². The van der Waals surface area contributed by atoms with Crippen molar-refractivity contribution in [1.82, 2.24) is 10.2 Å². The SMILES string of the molecule is CC(C)(C)OC(=O)N1C[C@H]2CC3C(=O)NC[C@@]3(C1)O2. The smallest absolute Gasteiger partial charge is 0.410 e. The van der Waals surface area contributed by atoms with Gasteiger partial charge in [-0.2, -0.15) is 0 Å². The summed E-state index contributed by atoms with van der Waals surface area (Å²) >= 11 is 0. The molecule has 0 aromatic heterocycles.